The van der Waals surface area contributed by atoms with Crippen LogP contribution in [0, 0.1) is 5.41 Å². The Balaban J connectivity index is 2.79. The summed E-state index contributed by atoms with van der Waals surface area (Å²) in [6, 6.07) is 7.19. The van der Waals surface area contributed by atoms with E-state index in [9.17, 15) is 9.59 Å². The molecule has 0 unspecified atom stereocenters. The Bertz CT molecular complexity index is 443. The first-order valence-electron chi connectivity index (χ1n) is 5.11. The summed E-state index contributed by atoms with van der Waals surface area (Å²) in [6.45, 7) is 3.21. The topological polar surface area (TPSA) is 66.4 Å². The van der Waals surface area contributed by atoms with Crippen LogP contribution < -0.4 is 5.32 Å². The van der Waals surface area contributed by atoms with Gasteiger partial charge in [0.05, 0.1) is 17.5 Å². The minimum atomic E-state index is -0.989. The van der Waals surface area contributed by atoms with Crippen LogP contribution in [0.15, 0.2) is 28.7 Å². The number of benzene rings is 1. The van der Waals surface area contributed by atoms with Crippen molar-refractivity contribution in [2.24, 2.45) is 5.41 Å². The SMILES string of the molecule is CC(C)(CC(=O)O)C(=O)Nc1ccccc1Br. The van der Waals surface area contributed by atoms with Crippen LogP contribution in [0.2, 0.25) is 0 Å². The maximum atomic E-state index is 11.9. The maximum Gasteiger partial charge on any atom is 0.304 e. The van der Waals surface area contributed by atoms with E-state index in [0.717, 1.165) is 4.47 Å². The number of anilines is 1. The Morgan fingerprint density at radius 2 is 1.94 bits per heavy atom. The Morgan fingerprint density at radius 3 is 2.47 bits per heavy atom. The van der Waals surface area contributed by atoms with Gasteiger partial charge in [-0.1, -0.05) is 26.0 Å². The third kappa shape index (κ3) is 3.85. The van der Waals surface area contributed by atoms with Crippen molar-refractivity contribution in [2.75, 3.05) is 5.32 Å². The number of carboxylic acid groups (broad SMARTS) is 1. The number of rotatable bonds is 4. The fourth-order valence-electron chi connectivity index (χ4n) is 1.31. The lowest BCUT2D eigenvalue weighted by Gasteiger charge is -2.21. The van der Waals surface area contributed by atoms with Gasteiger partial charge in [-0.15, -0.1) is 0 Å². The maximum absolute atomic E-state index is 11.9. The first-order chi connectivity index (χ1) is 7.83. The molecule has 1 aromatic rings. The first kappa shape index (κ1) is 13.7. The van der Waals surface area contributed by atoms with E-state index in [1.54, 1.807) is 32.0 Å². The van der Waals surface area contributed by atoms with E-state index in [1.165, 1.54) is 0 Å². The van der Waals surface area contributed by atoms with Gasteiger partial charge in [-0.05, 0) is 28.1 Å². The molecule has 0 aromatic heterocycles. The number of carbonyl (C=O) groups is 2. The minimum Gasteiger partial charge on any atom is -0.481 e. The number of aliphatic carboxylic acids is 1. The molecule has 4 nitrogen and oxygen atoms in total. The van der Waals surface area contributed by atoms with Crippen LogP contribution in [0.3, 0.4) is 0 Å². The molecule has 0 radical (unpaired) electrons. The average Bonchev–Trinajstić information content (AvgIpc) is 2.19. The number of halogens is 1. The second-order valence-corrected chi connectivity index (χ2v) is 5.24. The molecular formula is C12H14BrNO3. The third-order valence-corrected chi connectivity index (χ3v) is 3.02. The van der Waals surface area contributed by atoms with Crippen molar-refractivity contribution in [2.45, 2.75) is 20.3 Å². The molecule has 1 rings (SSSR count). The van der Waals surface area contributed by atoms with Gasteiger partial charge in [-0.25, -0.2) is 0 Å². The van der Waals surface area contributed by atoms with Crippen molar-refractivity contribution >= 4 is 33.5 Å². The molecule has 1 amide bonds. The molecule has 0 saturated heterocycles. The lowest BCUT2D eigenvalue weighted by molar-refractivity contribution is -0.142. The predicted octanol–water partition coefficient (Wildman–Crippen LogP) is 2.89. The fraction of sp³-hybridized carbons (Fsp3) is 0.333. The molecule has 17 heavy (non-hydrogen) atoms. The van der Waals surface area contributed by atoms with E-state index in [4.69, 9.17) is 5.11 Å². The van der Waals surface area contributed by atoms with Gasteiger partial charge in [-0.2, -0.15) is 0 Å². The number of amides is 1. The van der Waals surface area contributed by atoms with Crippen LogP contribution in [0.1, 0.15) is 20.3 Å². The number of carboxylic acids is 1. The van der Waals surface area contributed by atoms with Crippen LogP contribution in [0.5, 0.6) is 0 Å². The molecule has 0 bridgehead atoms. The molecule has 0 aliphatic carbocycles. The zero-order valence-corrected chi connectivity index (χ0v) is 11.2. The lowest BCUT2D eigenvalue weighted by Crippen LogP contribution is -2.33. The van der Waals surface area contributed by atoms with Gasteiger partial charge in [0.1, 0.15) is 0 Å². The number of hydrogen-bond acceptors (Lipinski definition) is 2. The van der Waals surface area contributed by atoms with Crippen molar-refractivity contribution in [1.82, 2.24) is 0 Å². The summed E-state index contributed by atoms with van der Waals surface area (Å²) in [5.41, 5.74) is -0.308. The van der Waals surface area contributed by atoms with Crippen molar-refractivity contribution < 1.29 is 14.7 Å². The quantitative estimate of drug-likeness (QED) is 0.898. The van der Waals surface area contributed by atoms with Crippen molar-refractivity contribution in [1.29, 1.82) is 0 Å². The number of nitrogens with one attached hydrogen (secondary N) is 1. The zero-order valence-electron chi connectivity index (χ0n) is 9.66. The minimum absolute atomic E-state index is 0.205. The summed E-state index contributed by atoms with van der Waals surface area (Å²) in [5.74, 6) is -1.30. The Labute approximate surface area is 108 Å². The second kappa shape index (κ2) is 5.31. The monoisotopic (exact) mass is 299 g/mol. The highest BCUT2D eigenvalue weighted by Crippen LogP contribution is 2.26. The van der Waals surface area contributed by atoms with Crippen molar-refractivity contribution in [3.63, 3.8) is 0 Å². The second-order valence-electron chi connectivity index (χ2n) is 4.39. The van der Waals surface area contributed by atoms with Gasteiger partial charge < -0.3 is 10.4 Å². The largest absolute Gasteiger partial charge is 0.481 e. The molecule has 0 spiro atoms. The third-order valence-electron chi connectivity index (χ3n) is 2.33. The van der Waals surface area contributed by atoms with Crippen molar-refractivity contribution in [3.8, 4) is 0 Å². The van der Waals surface area contributed by atoms with E-state index < -0.39 is 11.4 Å². The van der Waals surface area contributed by atoms with Gasteiger partial charge in [0.2, 0.25) is 5.91 Å². The number of para-hydroxylation sites is 1. The first-order valence-corrected chi connectivity index (χ1v) is 5.90. The van der Waals surface area contributed by atoms with Crippen LogP contribution >= 0.6 is 15.9 Å². The molecule has 92 valence electrons. The van der Waals surface area contributed by atoms with E-state index >= 15 is 0 Å². The summed E-state index contributed by atoms with van der Waals surface area (Å²) in [4.78, 5) is 22.6. The highest BCUT2D eigenvalue weighted by molar-refractivity contribution is 9.10. The van der Waals surface area contributed by atoms with Crippen LogP contribution in [0.4, 0.5) is 5.69 Å². The molecule has 0 heterocycles. The van der Waals surface area contributed by atoms with E-state index in [2.05, 4.69) is 21.2 Å². The molecule has 2 N–H and O–H groups in total. The summed E-state index contributed by atoms with van der Waals surface area (Å²) >= 11 is 3.31. The molecule has 0 aliphatic heterocycles. The Hall–Kier alpha value is -1.36. The van der Waals surface area contributed by atoms with E-state index in [0.29, 0.717) is 5.69 Å². The lowest BCUT2D eigenvalue weighted by atomic mass is 9.88. The van der Waals surface area contributed by atoms with E-state index in [-0.39, 0.29) is 12.3 Å². The number of carbonyl (C=O) groups excluding carboxylic acids is 1. The van der Waals surface area contributed by atoms with Gasteiger partial charge in [0.15, 0.2) is 0 Å². The molecule has 0 atom stereocenters. The highest BCUT2D eigenvalue weighted by Gasteiger charge is 2.30. The highest BCUT2D eigenvalue weighted by atomic mass is 79.9. The summed E-state index contributed by atoms with van der Waals surface area (Å²) in [5, 5.41) is 11.4. The molecule has 0 saturated carbocycles. The van der Waals surface area contributed by atoms with Gasteiger partial charge in [0.25, 0.3) is 0 Å². The summed E-state index contributed by atoms with van der Waals surface area (Å²) in [6.07, 6.45) is -0.205. The van der Waals surface area contributed by atoms with Gasteiger partial charge in [-0.3, -0.25) is 9.59 Å². The van der Waals surface area contributed by atoms with Crippen molar-refractivity contribution in [3.05, 3.63) is 28.7 Å². The normalized spacial score (nSPS) is 11.0. The van der Waals surface area contributed by atoms with Gasteiger partial charge >= 0.3 is 5.97 Å². The predicted molar refractivity (Wildman–Crippen MR) is 68.8 cm³/mol. The smallest absolute Gasteiger partial charge is 0.304 e. The Kier molecular flexibility index (Phi) is 4.28. The molecule has 5 heteroatoms. The summed E-state index contributed by atoms with van der Waals surface area (Å²) < 4.78 is 0.763. The van der Waals surface area contributed by atoms with Crippen LogP contribution in [0.25, 0.3) is 0 Å². The Morgan fingerprint density at radius 1 is 1.35 bits per heavy atom. The van der Waals surface area contributed by atoms with Crippen LogP contribution in [-0.2, 0) is 9.59 Å². The average molecular weight is 300 g/mol. The summed E-state index contributed by atoms with van der Waals surface area (Å²) in [7, 11) is 0. The molecule has 0 fully saturated rings. The van der Waals surface area contributed by atoms with E-state index in [1.807, 2.05) is 6.07 Å². The fourth-order valence-corrected chi connectivity index (χ4v) is 1.70. The van der Waals surface area contributed by atoms with Crippen LogP contribution in [-0.4, -0.2) is 17.0 Å². The molecule has 1 aromatic carbocycles. The molecule has 0 aliphatic rings. The number of hydrogen-bond donors (Lipinski definition) is 2. The zero-order chi connectivity index (χ0) is 13.1. The van der Waals surface area contributed by atoms with Gasteiger partial charge in [0, 0.05) is 4.47 Å². The standard InChI is InChI=1S/C12H14BrNO3/c1-12(2,7-10(15)16)11(17)14-9-6-4-3-5-8(9)13/h3-6H,7H2,1-2H3,(H,14,17)(H,15,16). The molecular weight excluding hydrogens is 286 g/mol.